The lowest BCUT2D eigenvalue weighted by molar-refractivity contribution is 0.0620. The number of carbonyl (C=O) groups is 1. The number of nitrogens with zero attached hydrogens (tertiary/aromatic N) is 4. The molecule has 0 aliphatic carbocycles. The van der Waals surface area contributed by atoms with Gasteiger partial charge in [0.15, 0.2) is 0 Å². The van der Waals surface area contributed by atoms with Crippen LogP contribution >= 0.6 is 0 Å². The molecule has 1 aliphatic heterocycles. The Morgan fingerprint density at radius 2 is 1.94 bits per heavy atom. The van der Waals surface area contributed by atoms with Crippen molar-refractivity contribution in [2.24, 2.45) is 0 Å². The number of hydrogen-bond acceptors (Lipinski definition) is 6. The molecule has 0 spiro atoms. The Bertz CT molecular complexity index is 1350. The van der Waals surface area contributed by atoms with Crippen LogP contribution < -0.4 is 10.9 Å². The van der Waals surface area contributed by atoms with Crippen LogP contribution in [-0.2, 0) is 6.42 Å². The molecule has 2 aromatic carbocycles. The van der Waals surface area contributed by atoms with Crippen LogP contribution in [0, 0.1) is 5.82 Å². The highest BCUT2D eigenvalue weighted by Crippen LogP contribution is 2.22. The lowest BCUT2D eigenvalue weighted by Crippen LogP contribution is -2.57. The van der Waals surface area contributed by atoms with Crippen LogP contribution in [-0.4, -0.2) is 50.3 Å². The Morgan fingerprint density at radius 1 is 1.12 bits per heavy atom. The molecule has 4 aromatic rings. The SMILES string of the molecule is O=C(c1cc(Cc2n[nH]c(=O)c3ccccc23)ccc1F)N1CC(Nc2cccnn2)C1. The van der Waals surface area contributed by atoms with Crippen LogP contribution in [0.5, 0.6) is 0 Å². The highest BCUT2D eigenvalue weighted by molar-refractivity contribution is 5.95. The van der Waals surface area contributed by atoms with E-state index in [4.69, 9.17) is 0 Å². The minimum Gasteiger partial charge on any atom is -0.362 e. The Labute approximate surface area is 182 Å². The van der Waals surface area contributed by atoms with Gasteiger partial charge in [-0.3, -0.25) is 9.59 Å². The molecule has 1 aliphatic rings. The second-order valence-electron chi connectivity index (χ2n) is 7.70. The van der Waals surface area contributed by atoms with Gasteiger partial charge in [-0.2, -0.15) is 10.2 Å². The summed E-state index contributed by atoms with van der Waals surface area (Å²) in [6.07, 6.45) is 1.94. The molecule has 3 heterocycles. The van der Waals surface area contributed by atoms with E-state index in [1.54, 1.807) is 47.5 Å². The van der Waals surface area contributed by atoms with Gasteiger partial charge in [0.05, 0.1) is 22.7 Å². The van der Waals surface area contributed by atoms with Gasteiger partial charge in [0.2, 0.25) is 0 Å². The third kappa shape index (κ3) is 3.80. The van der Waals surface area contributed by atoms with E-state index in [0.717, 1.165) is 10.9 Å². The fourth-order valence-corrected chi connectivity index (χ4v) is 3.84. The molecule has 2 aromatic heterocycles. The monoisotopic (exact) mass is 430 g/mol. The summed E-state index contributed by atoms with van der Waals surface area (Å²) in [6.45, 7) is 0.899. The first-order valence-corrected chi connectivity index (χ1v) is 10.2. The molecule has 9 heteroatoms. The van der Waals surface area contributed by atoms with Crippen LogP contribution in [0.1, 0.15) is 21.6 Å². The van der Waals surface area contributed by atoms with Crippen molar-refractivity contribution in [1.82, 2.24) is 25.3 Å². The summed E-state index contributed by atoms with van der Waals surface area (Å²) in [5, 5.41) is 18.9. The summed E-state index contributed by atoms with van der Waals surface area (Å²) in [7, 11) is 0. The van der Waals surface area contributed by atoms with Crippen molar-refractivity contribution in [2.75, 3.05) is 18.4 Å². The van der Waals surface area contributed by atoms with Crippen molar-refractivity contribution < 1.29 is 9.18 Å². The topological polar surface area (TPSA) is 104 Å². The van der Waals surface area contributed by atoms with Crippen molar-refractivity contribution in [2.45, 2.75) is 12.5 Å². The number of aromatic amines is 1. The molecule has 0 saturated carbocycles. The number of fused-ring (bicyclic) bond motifs is 1. The molecule has 0 bridgehead atoms. The molecule has 0 radical (unpaired) electrons. The number of benzene rings is 2. The first-order chi connectivity index (χ1) is 15.6. The molecule has 8 nitrogen and oxygen atoms in total. The first-order valence-electron chi connectivity index (χ1n) is 10.2. The van der Waals surface area contributed by atoms with Crippen LogP contribution in [0.2, 0.25) is 0 Å². The smallest absolute Gasteiger partial charge is 0.272 e. The van der Waals surface area contributed by atoms with Crippen molar-refractivity contribution in [3.8, 4) is 0 Å². The number of carbonyl (C=O) groups excluding carboxylic acids is 1. The highest BCUT2D eigenvalue weighted by Gasteiger charge is 2.32. The number of H-pyrrole nitrogens is 1. The molecular formula is C23H19FN6O2. The number of rotatable bonds is 5. The lowest BCUT2D eigenvalue weighted by atomic mass is 10.0. The van der Waals surface area contributed by atoms with Crippen molar-refractivity contribution >= 4 is 22.5 Å². The molecule has 1 fully saturated rings. The summed E-state index contributed by atoms with van der Waals surface area (Å²) in [5.41, 5.74) is 1.15. The predicted molar refractivity (Wildman–Crippen MR) is 117 cm³/mol. The van der Waals surface area contributed by atoms with Crippen molar-refractivity contribution in [1.29, 1.82) is 0 Å². The van der Waals surface area contributed by atoms with E-state index < -0.39 is 5.82 Å². The van der Waals surface area contributed by atoms with Crippen LogP contribution in [0.3, 0.4) is 0 Å². The van der Waals surface area contributed by atoms with Crippen LogP contribution in [0.15, 0.2) is 65.6 Å². The molecular weight excluding hydrogens is 411 g/mol. The van der Waals surface area contributed by atoms with Gasteiger partial charge < -0.3 is 10.2 Å². The molecule has 32 heavy (non-hydrogen) atoms. The number of likely N-dealkylation sites (tertiary alicyclic amines) is 1. The standard InChI is InChI=1S/C23H19FN6O2/c24-19-8-7-14(11-20-16-4-1-2-5-17(16)22(31)29-27-20)10-18(19)23(32)30-12-15(13-30)26-21-6-3-9-25-28-21/h1-10,15H,11-13H2,(H,26,28)(H,29,31). The first kappa shape index (κ1) is 19.8. The van der Waals surface area contributed by atoms with Crippen molar-refractivity contribution in [3.05, 3.63) is 93.8 Å². The minimum absolute atomic E-state index is 0.0224. The number of amides is 1. The highest BCUT2D eigenvalue weighted by atomic mass is 19.1. The Hall–Kier alpha value is -4.14. The number of hydrogen-bond donors (Lipinski definition) is 2. The summed E-state index contributed by atoms with van der Waals surface area (Å²) in [5.74, 6) is -0.289. The molecule has 160 valence electrons. The zero-order valence-electron chi connectivity index (χ0n) is 17.0. The van der Waals surface area contributed by atoms with Gasteiger partial charge in [-0.05, 0) is 35.9 Å². The Morgan fingerprint density at radius 3 is 2.72 bits per heavy atom. The largest absolute Gasteiger partial charge is 0.362 e. The number of anilines is 1. The summed E-state index contributed by atoms with van der Waals surface area (Å²) in [6, 6.07) is 15.3. The van der Waals surface area contributed by atoms with E-state index in [1.807, 2.05) is 12.1 Å². The summed E-state index contributed by atoms with van der Waals surface area (Å²) >= 11 is 0. The van der Waals surface area contributed by atoms with Gasteiger partial charge in [0.25, 0.3) is 11.5 Å². The van der Waals surface area contributed by atoms with E-state index in [9.17, 15) is 14.0 Å². The lowest BCUT2D eigenvalue weighted by Gasteiger charge is -2.39. The van der Waals surface area contributed by atoms with E-state index >= 15 is 0 Å². The summed E-state index contributed by atoms with van der Waals surface area (Å²) < 4.78 is 14.5. The zero-order valence-corrected chi connectivity index (χ0v) is 17.0. The normalized spacial score (nSPS) is 13.7. The maximum Gasteiger partial charge on any atom is 0.272 e. The average Bonchev–Trinajstić information content (AvgIpc) is 2.79. The van der Waals surface area contributed by atoms with Gasteiger partial charge in [-0.1, -0.05) is 24.3 Å². The molecule has 1 saturated heterocycles. The number of halogens is 1. The molecule has 5 rings (SSSR count). The van der Waals surface area contributed by atoms with Gasteiger partial charge in [-0.15, -0.1) is 5.10 Å². The molecule has 0 atom stereocenters. The Kier molecular flexibility index (Phi) is 5.06. The van der Waals surface area contributed by atoms with Gasteiger partial charge >= 0.3 is 0 Å². The van der Waals surface area contributed by atoms with E-state index in [1.165, 1.54) is 6.07 Å². The second-order valence-corrected chi connectivity index (χ2v) is 7.70. The second kappa shape index (κ2) is 8.18. The predicted octanol–water partition coefficient (Wildman–Crippen LogP) is 2.38. The third-order valence-electron chi connectivity index (χ3n) is 5.50. The quantitative estimate of drug-likeness (QED) is 0.504. The van der Waals surface area contributed by atoms with Gasteiger partial charge in [-0.25, -0.2) is 9.49 Å². The zero-order chi connectivity index (χ0) is 22.1. The fourth-order valence-electron chi connectivity index (χ4n) is 3.84. The number of aromatic nitrogens is 4. The van der Waals surface area contributed by atoms with E-state index in [2.05, 4.69) is 25.7 Å². The van der Waals surface area contributed by atoms with E-state index in [0.29, 0.717) is 36.4 Å². The Balaban J connectivity index is 1.32. The third-order valence-corrected chi connectivity index (χ3v) is 5.50. The maximum atomic E-state index is 14.5. The summed E-state index contributed by atoms with van der Waals surface area (Å²) in [4.78, 5) is 26.5. The van der Waals surface area contributed by atoms with Gasteiger partial charge in [0, 0.05) is 31.1 Å². The molecule has 0 unspecified atom stereocenters. The van der Waals surface area contributed by atoms with Gasteiger partial charge in [0.1, 0.15) is 11.6 Å². The van der Waals surface area contributed by atoms with Crippen LogP contribution in [0.4, 0.5) is 10.2 Å². The fraction of sp³-hybridized carbons (Fsp3) is 0.174. The van der Waals surface area contributed by atoms with Crippen molar-refractivity contribution in [3.63, 3.8) is 0 Å². The molecule has 1 amide bonds. The molecule has 2 N–H and O–H groups in total. The maximum absolute atomic E-state index is 14.5. The van der Waals surface area contributed by atoms with Crippen LogP contribution in [0.25, 0.3) is 10.8 Å². The average molecular weight is 430 g/mol. The number of nitrogens with one attached hydrogen (secondary N) is 2. The van der Waals surface area contributed by atoms with E-state index in [-0.39, 0.29) is 23.1 Å². The minimum atomic E-state index is -0.566.